The fraction of sp³-hybridized carbons (Fsp3) is 0.250. The number of benzene rings is 2. The Morgan fingerprint density at radius 3 is 2.50 bits per heavy atom. The van der Waals surface area contributed by atoms with E-state index in [0.717, 1.165) is 11.3 Å². The van der Waals surface area contributed by atoms with Crippen molar-refractivity contribution in [1.82, 2.24) is 0 Å². The molecule has 2 aromatic carbocycles. The van der Waals surface area contributed by atoms with Crippen molar-refractivity contribution in [1.29, 1.82) is 0 Å². The number of hydrogen-bond acceptors (Lipinski definition) is 3. The number of anilines is 1. The number of nitrogens with one attached hydrogen (secondary N) is 1. The van der Waals surface area contributed by atoms with E-state index in [1.807, 2.05) is 31.2 Å². The van der Waals surface area contributed by atoms with Gasteiger partial charge < -0.3 is 15.2 Å². The van der Waals surface area contributed by atoms with Gasteiger partial charge in [-0.2, -0.15) is 0 Å². The van der Waals surface area contributed by atoms with Gasteiger partial charge in [0.2, 0.25) is 0 Å². The molecule has 0 aliphatic rings. The second-order valence-corrected chi connectivity index (χ2v) is 4.58. The first kappa shape index (κ1) is 14.3. The highest BCUT2D eigenvalue weighted by atomic mass is 19.1. The molecule has 0 spiro atoms. The van der Waals surface area contributed by atoms with E-state index in [4.69, 9.17) is 9.84 Å². The SMILES string of the molecule is COc1cccc(F)c1C(C)Nc1ccc(CO)cc1. The first-order valence-corrected chi connectivity index (χ1v) is 6.44. The molecule has 3 nitrogen and oxygen atoms in total. The van der Waals surface area contributed by atoms with Gasteiger partial charge in [0.25, 0.3) is 0 Å². The molecular weight excluding hydrogens is 257 g/mol. The van der Waals surface area contributed by atoms with Crippen LogP contribution in [0.5, 0.6) is 5.75 Å². The summed E-state index contributed by atoms with van der Waals surface area (Å²) in [4.78, 5) is 0. The van der Waals surface area contributed by atoms with Gasteiger partial charge in [0.15, 0.2) is 0 Å². The molecule has 20 heavy (non-hydrogen) atoms. The Hall–Kier alpha value is -2.07. The molecule has 0 saturated carbocycles. The van der Waals surface area contributed by atoms with Crippen molar-refractivity contribution in [2.45, 2.75) is 19.6 Å². The maximum Gasteiger partial charge on any atom is 0.132 e. The molecule has 0 radical (unpaired) electrons. The number of ether oxygens (including phenoxy) is 1. The quantitative estimate of drug-likeness (QED) is 0.877. The Morgan fingerprint density at radius 2 is 1.90 bits per heavy atom. The molecule has 0 fully saturated rings. The van der Waals surface area contributed by atoms with E-state index in [2.05, 4.69) is 5.32 Å². The average molecular weight is 275 g/mol. The summed E-state index contributed by atoms with van der Waals surface area (Å²) < 4.78 is 19.2. The van der Waals surface area contributed by atoms with Gasteiger partial charge >= 0.3 is 0 Å². The summed E-state index contributed by atoms with van der Waals surface area (Å²) in [6.07, 6.45) is 0. The molecule has 0 aliphatic heterocycles. The summed E-state index contributed by atoms with van der Waals surface area (Å²) in [5, 5.41) is 12.2. The summed E-state index contributed by atoms with van der Waals surface area (Å²) in [6, 6.07) is 11.9. The van der Waals surface area contributed by atoms with E-state index in [1.54, 1.807) is 12.1 Å². The fourth-order valence-corrected chi connectivity index (χ4v) is 2.14. The standard InChI is InChI=1S/C16H18FNO2/c1-11(16-14(17)4-3-5-15(16)20-2)18-13-8-6-12(10-19)7-9-13/h3-9,11,18-19H,10H2,1-2H3. The van der Waals surface area contributed by atoms with Gasteiger partial charge in [0.05, 0.1) is 25.3 Å². The lowest BCUT2D eigenvalue weighted by Crippen LogP contribution is -2.10. The van der Waals surface area contributed by atoms with Gasteiger partial charge in [-0.3, -0.25) is 0 Å². The fourth-order valence-electron chi connectivity index (χ4n) is 2.14. The summed E-state index contributed by atoms with van der Waals surface area (Å²) in [5.74, 6) is 0.230. The third-order valence-electron chi connectivity index (χ3n) is 3.19. The van der Waals surface area contributed by atoms with E-state index >= 15 is 0 Å². The van der Waals surface area contributed by atoms with Crippen molar-refractivity contribution in [2.24, 2.45) is 0 Å². The highest BCUT2D eigenvalue weighted by Gasteiger charge is 2.16. The van der Waals surface area contributed by atoms with Gasteiger partial charge in [0, 0.05) is 5.69 Å². The lowest BCUT2D eigenvalue weighted by atomic mass is 10.1. The topological polar surface area (TPSA) is 41.5 Å². The van der Waals surface area contributed by atoms with Crippen LogP contribution < -0.4 is 10.1 Å². The van der Waals surface area contributed by atoms with Crippen molar-refractivity contribution in [3.05, 3.63) is 59.4 Å². The zero-order valence-corrected chi connectivity index (χ0v) is 11.6. The minimum absolute atomic E-state index is 0.0109. The maximum absolute atomic E-state index is 14.0. The first-order chi connectivity index (χ1) is 9.65. The minimum atomic E-state index is -0.295. The number of rotatable bonds is 5. The molecular formula is C16H18FNO2. The Balaban J connectivity index is 2.21. The molecule has 2 N–H and O–H groups in total. The van der Waals surface area contributed by atoms with E-state index in [1.165, 1.54) is 13.2 Å². The summed E-state index contributed by atoms with van der Waals surface area (Å²) in [7, 11) is 1.53. The maximum atomic E-state index is 14.0. The second-order valence-electron chi connectivity index (χ2n) is 4.58. The molecule has 4 heteroatoms. The summed E-state index contributed by atoms with van der Waals surface area (Å²) in [5.41, 5.74) is 2.20. The summed E-state index contributed by atoms with van der Waals surface area (Å²) >= 11 is 0. The minimum Gasteiger partial charge on any atom is -0.496 e. The molecule has 0 heterocycles. The van der Waals surface area contributed by atoms with E-state index in [9.17, 15) is 4.39 Å². The van der Waals surface area contributed by atoms with Crippen LogP contribution in [-0.2, 0) is 6.61 Å². The number of hydrogen-bond donors (Lipinski definition) is 2. The van der Waals surface area contributed by atoms with Crippen LogP contribution in [0.25, 0.3) is 0 Å². The average Bonchev–Trinajstić information content (AvgIpc) is 2.47. The molecule has 0 aliphatic carbocycles. The van der Waals surface area contributed by atoms with Gasteiger partial charge in [0.1, 0.15) is 11.6 Å². The predicted octanol–water partition coefficient (Wildman–Crippen LogP) is 3.50. The van der Waals surface area contributed by atoms with Crippen molar-refractivity contribution < 1.29 is 14.2 Å². The van der Waals surface area contributed by atoms with Crippen molar-refractivity contribution in [3.63, 3.8) is 0 Å². The molecule has 0 aromatic heterocycles. The van der Waals surface area contributed by atoms with Crippen LogP contribution in [0.1, 0.15) is 24.1 Å². The van der Waals surface area contributed by atoms with E-state index in [0.29, 0.717) is 11.3 Å². The highest BCUT2D eigenvalue weighted by molar-refractivity contribution is 5.48. The van der Waals surface area contributed by atoms with Gasteiger partial charge in [-0.25, -0.2) is 4.39 Å². The second kappa shape index (κ2) is 6.39. The Morgan fingerprint density at radius 1 is 1.20 bits per heavy atom. The smallest absolute Gasteiger partial charge is 0.132 e. The van der Waals surface area contributed by atoms with Gasteiger partial charge in [-0.15, -0.1) is 0 Å². The lowest BCUT2D eigenvalue weighted by Gasteiger charge is -2.19. The van der Waals surface area contributed by atoms with Crippen LogP contribution in [-0.4, -0.2) is 12.2 Å². The van der Waals surface area contributed by atoms with Gasteiger partial charge in [-0.05, 0) is 36.8 Å². The summed E-state index contributed by atoms with van der Waals surface area (Å²) in [6.45, 7) is 1.89. The predicted molar refractivity (Wildman–Crippen MR) is 77.4 cm³/mol. The Labute approximate surface area is 118 Å². The van der Waals surface area contributed by atoms with Crippen LogP contribution in [0.4, 0.5) is 10.1 Å². The van der Waals surface area contributed by atoms with Gasteiger partial charge in [-0.1, -0.05) is 18.2 Å². The molecule has 0 amide bonds. The Bertz CT molecular complexity index is 569. The van der Waals surface area contributed by atoms with Crippen LogP contribution in [0, 0.1) is 5.82 Å². The van der Waals surface area contributed by atoms with Crippen molar-refractivity contribution >= 4 is 5.69 Å². The van der Waals surface area contributed by atoms with E-state index in [-0.39, 0.29) is 18.5 Å². The van der Waals surface area contributed by atoms with Crippen LogP contribution >= 0.6 is 0 Å². The third kappa shape index (κ3) is 3.08. The number of aliphatic hydroxyl groups is 1. The van der Waals surface area contributed by atoms with Crippen LogP contribution in [0.3, 0.4) is 0 Å². The number of aliphatic hydroxyl groups excluding tert-OH is 1. The van der Waals surface area contributed by atoms with Crippen LogP contribution in [0.15, 0.2) is 42.5 Å². The zero-order chi connectivity index (χ0) is 14.5. The van der Waals surface area contributed by atoms with Crippen molar-refractivity contribution in [3.8, 4) is 5.75 Å². The van der Waals surface area contributed by atoms with Crippen molar-refractivity contribution in [2.75, 3.05) is 12.4 Å². The number of halogens is 1. The largest absolute Gasteiger partial charge is 0.496 e. The lowest BCUT2D eigenvalue weighted by molar-refractivity contribution is 0.282. The molecule has 1 atom stereocenters. The number of methoxy groups -OCH3 is 1. The normalized spacial score (nSPS) is 12.0. The van der Waals surface area contributed by atoms with E-state index < -0.39 is 0 Å². The monoisotopic (exact) mass is 275 g/mol. The molecule has 1 unspecified atom stereocenters. The zero-order valence-electron chi connectivity index (χ0n) is 11.6. The molecule has 0 bridgehead atoms. The molecule has 0 saturated heterocycles. The highest BCUT2D eigenvalue weighted by Crippen LogP contribution is 2.30. The van der Waals surface area contributed by atoms with Crippen LogP contribution in [0.2, 0.25) is 0 Å². The Kier molecular flexibility index (Phi) is 4.58. The first-order valence-electron chi connectivity index (χ1n) is 6.44. The molecule has 2 aromatic rings. The molecule has 106 valence electrons. The third-order valence-corrected chi connectivity index (χ3v) is 3.19. The molecule has 2 rings (SSSR count).